The average Bonchev–Trinajstić information content (AvgIpc) is 3.09. The van der Waals surface area contributed by atoms with E-state index in [0.29, 0.717) is 28.7 Å². The molecule has 134 valence electrons. The number of nitrogens with one attached hydrogen (secondary N) is 1. The van der Waals surface area contributed by atoms with E-state index >= 15 is 0 Å². The summed E-state index contributed by atoms with van der Waals surface area (Å²) in [7, 11) is 0. The minimum absolute atomic E-state index is 0.113. The zero-order valence-corrected chi connectivity index (χ0v) is 15.0. The largest absolute Gasteiger partial charge is 0.441 e. The van der Waals surface area contributed by atoms with Gasteiger partial charge in [0.05, 0.1) is 17.8 Å². The number of hydrogen-bond acceptors (Lipinski definition) is 3. The number of nitrogens with zero attached hydrogens (tertiary/aromatic N) is 1. The summed E-state index contributed by atoms with van der Waals surface area (Å²) in [4.78, 5) is 16.3. The Bertz CT molecular complexity index is 893. The lowest BCUT2D eigenvalue weighted by atomic mass is 10.1. The fourth-order valence-electron chi connectivity index (χ4n) is 2.58. The standard InChI is InChI=1S/C20H18ClFN2O2/c1-13(14-6-8-15(21)9-7-14)24-19(25)10-11-20-23-12-18(26-20)16-4-2-3-5-17(16)22/h2-9,12-13H,10-11H2,1H3,(H,24,25). The first-order valence-corrected chi connectivity index (χ1v) is 8.65. The molecule has 0 aliphatic rings. The lowest BCUT2D eigenvalue weighted by Crippen LogP contribution is -2.26. The highest BCUT2D eigenvalue weighted by Gasteiger charge is 2.13. The molecule has 0 aliphatic carbocycles. The predicted molar refractivity (Wildman–Crippen MR) is 98.2 cm³/mol. The molecule has 3 rings (SSSR count). The number of rotatable bonds is 6. The van der Waals surface area contributed by atoms with E-state index < -0.39 is 0 Å². The van der Waals surface area contributed by atoms with E-state index in [9.17, 15) is 9.18 Å². The van der Waals surface area contributed by atoms with Crippen molar-refractivity contribution in [2.75, 3.05) is 0 Å². The number of amides is 1. The molecular weight excluding hydrogens is 355 g/mol. The molecule has 0 aliphatic heterocycles. The fourth-order valence-corrected chi connectivity index (χ4v) is 2.71. The molecule has 26 heavy (non-hydrogen) atoms. The summed E-state index contributed by atoms with van der Waals surface area (Å²) in [6, 6.07) is 13.5. The molecular formula is C20H18ClFN2O2. The molecule has 1 unspecified atom stereocenters. The van der Waals surface area contributed by atoms with Crippen molar-refractivity contribution >= 4 is 17.5 Å². The molecule has 0 fully saturated rings. The zero-order chi connectivity index (χ0) is 18.5. The Labute approximate surface area is 156 Å². The molecule has 1 N–H and O–H groups in total. The van der Waals surface area contributed by atoms with Gasteiger partial charge in [-0.15, -0.1) is 0 Å². The van der Waals surface area contributed by atoms with Crippen LogP contribution >= 0.6 is 11.6 Å². The lowest BCUT2D eigenvalue weighted by Gasteiger charge is -2.14. The summed E-state index contributed by atoms with van der Waals surface area (Å²) >= 11 is 5.87. The summed E-state index contributed by atoms with van der Waals surface area (Å²) in [6.07, 6.45) is 2.05. The number of carbonyl (C=O) groups is 1. The van der Waals surface area contributed by atoms with Crippen LogP contribution in [0.3, 0.4) is 0 Å². The van der Waals surface area contributed by atoms with E-state index in [4.69, 9.17) is 16.0 Å². The third-order valence-corrected chi connectivity index (χ3v) is 4.26. The van der Waals surface area contributed by atoms with E-state index in [1.807, 2.05) is 19.1 Å². The second-order valence-corrected chi connectivity index (χ2v) is 6.38. The molecule has 0 spiro atoms. The molecule has 1 aromatic heterocycles. The van der Waals surface area contributed by atoms with Crippen molar-refractivity contribution in [1.82, 2.24) is 10.3 Å². The van der Waals surface area contributed by atoms with Crippen molar-refractivity contribution in [2.45, 2.75) is 25.8 Å². The van der Waals surface area contributed by atoms with Gasteiger partial charge in [-0.05, 0) is 36.8 Å². The highest BCUT2D eigenvalue weighted by atomic mass is 35.5. The van der Waals surface area contributed by atoms with Crippen molar-refractivity contribution < 1.29 is 13.6 Å². The Balaban J connectivity index is 1.55. The topological polar surface area (TPSA) is 55.1 Å². The van der Waals surface area contributed by atoms with Crippen molar-refractivity contribution in [3.8, 4) is 11.3 Å². The lowest BCUT2D eigenvalue weighted by molar-refractivity contribution is -0.121. The van der Waals surface area contributed by atoms with Gasteiger partial charge in [-0.1, -0.05) is 35.9 Å². The summed E-state index contributed by atoms with van der Waals surface area (Å²) < 4.78 is 19.3. The molecule has 0 radical (unpaired) electrons. The van der Waals surface area contributed by atoms with Crippen LogP contribution in [-0.4, -0.2) is 10.9 Å². The number of carbonyl (C=O) groups excluding carboxylic acids is 1. The smallest absolute Gasteiger partial charge is 0.220 e. The van der Waals surface area contributed by atoms with Crippen LogP contribution in [-0.2, 0) is 11.2 Å². The minimum Gasteiger partial charge on any atom is -0.441 e. The molecule has 4 nitrogen and oxygen atoms in total. The van der Waals surface area contributed by atoms with E-state index in [-0.39, 0.29) is 24.2 Å². The second kappa shape index (κ2) is 8.15. The maximum absolute atomic E-state index is 13.8. The molecule has 6 heteroatoms. The van der Waals surface area contributed by atoms with Crippen LogP contribution in [0.4, 0.5) is 4.39 Å². The van der Waals surface area contributed by atoms with Crippen LogP contribution < -0.4 is 5.32 Å². The molecule has 1 amide bonds. The van der Waals surface area contributed by atoms with Crippen LogP contribution in [0.5, 0.6) is 0 Å². The first kappa shape index (κ1) is 18.1. The van der Waals surface area contributed by atoms with Crippen LogP contribution in [0.2, 0.25) is 5.02 Å². The van der Waals surface area contributed by atoms with Gasteiger partial charge < -0.3 is 9.73 Å². The highest BCUT2D eigenvalue weighted by Crippen LogP contribution is 2.23. The maximum Gasteiger partial charge on any atom is 0.220 e. The summed E-state index contributed by atoms with van der Waals surface area (Å²) in [6.45, 7) is 1.91. The van der Waals surface area contributed by atoms with Crippen LogP contribution in [0.25, 0.3) is 11.3 Å². The SMILES string of the molecule is CC(NC(=O)CCc1ncc(-c2ccccc2F)o1)c1ccc(Cl)cc1. The minimum atomic E-state index is -0.371. The Hall–Kier alpha value is -2.66. The Morgan fingerprint density at radius 1 is 1.23 bits per heavy atom. The third kappa shape index (κ3) is 4.49. The van der Waals surface area contributed by atoms with Gasteiger partial charge in [0.2, 0.25) is 5.91 Å². The summed E-state index contributed by atoms with van der Waals surface area (Å²) in [5.74, 6) is 0.272. The van der Waals surface area contributed by atoms with E-state index in [1.54, 1.807) is 30.3 Å². The van der Waals surface area contributed by atoms with Gasteiger partial charge in [-0.3, -0.25) is 4.79 Å². The Kier molecular flexibility index (Phi) is 5.68. The van der Waals surface area contributed by atoms with Gasteiger partial charge in [0.1, 0.15) is 5.82 Å². The third-order valence-electron chi connectivity index (χ3n) is 4.01. The number of aromatic nitrogens is 1. The van der Waals surface area contributed by atoms with Gasteiger partial charge in [0.25, 0.3) is 0 Å². The quantitative estimate of drug-likeness (QED) is 0.666. The number of oxazole rings is 1. The maximum atomic E-state index is 13.8. The molecule has 3 aromatic rings. The van der Waals surface area contributed by atoms with Gasteiger partial charge in [0, 0.05) is 17.9 Å². The molecule has 0 saturated heterocycles. The van der Waals surface area contributed by atoms with Crippen LogP contribution in [0.1, 0.15) is 30.8 Å². The Morgan fingerprint density at radius 3 is 2.69 bits per heavy atom. The number of halogens is 2. The highest BCUT2D eigenvalue weighted by molar-refractivity contribution is 6.30. The predicted octanol–water partition coefficient (Wildman–Crippen LogP) is 4.94. The van der Waals surface area contributed by atoms with Crippen molar-refractivity contribution in [3.63, 3.8) is 0 Å². The van der Waals surface area contributed by atoms with Crippen molar-refractivity contribution in [2.24, 2.45) is 0 Å². The summed E-state index contributed by atoms with van der Waals surface area (Å²) in [5, 5.41) is 3.58. The number of benzene rings is 2. The van der Waals surface area contributed by atoms with E-state index in [2.05, 4.69) is 10.3 Å². The van der Waals surface area contributed by atoms with Crippen LogP contribution in [0, 0.1) is 5.82 Å². The summed E-state index contributed by atoms with van der Waals surface area (Å²) in [5.41, 5.74) is 1.33. The van der Waals surface area contributed by atoms with Gasteiger partial charge in [-0.25, -0.2) is 9.37 Å². The van der Waals surface area contributed by atoms with Crippen molar-refractivity contribution in [3.05, 3.63) is 77.0 Å². The monoisotopic (exact) mass is 372 g/mol. The normalized spacial score (nSPS) is 12.0. The van der Waals surface area contributed by atoms with E-state index in [0.717, 1.165) is 5.56 Å². The average molecular weight is 373 g/mol. The zero-order valence-electron chi connectivity index (χ0n) is 14.2. The molecule has 0 bridgehead atoms. The molecule has 1 heterocycles. The Morgan fingerprint density at radius 2 is 1.96 bits per heavy atom. The van der Waals surface area contributed by atoms with Crippen LogP contribution in [0.15, 0.2) is 59.1 Å². The fraction of sp³-hybridized carbons (Fsp3) is 0.200. The van der Waals surface area contributed by atoms with Gasteiger partial charge >= 0.3 is 0 Å². The first-order valence-electron chi connectivity index (χ1n) is 8.27. The molecule has 2 aromatic carbocycles. The van der Waals surface area contributed by atoms with E-state index in [1.165, 1.54) is 12.3 Å². The van der Waals surface area contributed by atoms with Gasteiger partial charge in [-0.2, -0.15) is 0 Å². The first-order chi connectivity index (χ1) is 12.5. The number of aryl methyl sites for hydroxylation is 1. The molecule has 1 atom stereocenters. The second-order valence-electron chi connectivity index (χ2n) is 5.94. The number of hydrogen-bond donors (Lipinski definition) is 1. The van der Waals surface area contributed by atoms with Gasteiger partial charge in [0.15, 0.2) is 11.7 Å². The molecule has 0 saturated carbocycles. The van der Waals surface area contributed by atoms with Crippen molar-refractivity contribution in [1.29, 1.82) is 0 Å².